The summed E-state index contributed by atoms with van der Waals surface area (Å²) in [6.45, 7) is 2.14. The van der Waals surface area contributed by atoms with E-state index in [-0.39, 0.29) is 0 Å². The van der Waals surface area contributed by atoms with Gasteiger partial charge in [0.15, 0.2) is 0 Å². The van der Waals surface area contributed by atoms with Crippen LogP contribution in [0, 0.1) is 6.92 Å². The highest BCUT2D eigenvalue weighted by Gasteiger charge is 2.07. The molecule has 2 nitrogen and oxygen atoms in total. The van der Waals surface area contributed by atoms with Crippen LogP contribution >= 0.6 is 0 Å². The molecule has 0 N–H and O–H groups in total. The Morgan fingerprint density at radius 1 is 0.857 bits per heavy atom. The van der Waals surface area contributed by atoms with Crippen molar-refractivity contribution in [2.75, 3.05) is 7.11 Å². The van der Waals surface area contributed by atoms with E-state index in [0.29, 0.717) is 0 Å². The molecule has 0 radical (unpaired) electrons. The zero-order valence-corrected chi connectivity index (χ0v) is 12.2. The lowest BCUT2D eigenvalue weighted by Crippen LogP contribution is -1.91. The van der Waals surface area contributed by atoms with Crippen molar-refractivity contribution in [2.45, 2.75) is 6.92 Å². The molecular weight excluding hydrogens is 258 g/mol. The monoisotopic (exact) mass is 275 g/mol. The lowest BCUT2D eigenvalue weighted by molar-refractivity contribution is 0.215. The molecule has 0 unspecified atom stereocenters. The first kappa shape index (κ1) is 13.4. The fourth-order valence-corrected chi connectivity index (χ4v) is 2.61. The van der Waals surface area contributed by atoms with Crippen LogP contribution in [0.4, 0.5) is 0 Å². The van der Waals surface area contributed by atoms with Gasteiger partial charge in [0.25, 0.3) is 0 Å². The van der Waals surface area contributed by atoms with Gasteiger partial charge in [-0.2, -0.15) is 0 Å². The smallest absolute Gasteiger partial charge is 0.106 e. The number of hydrogen-bond donors (Lipinski definition) is 0. The van der Waals surface area contributed by atoms with Crippen molar-refractivity contribution < 1.29 is 4.84 Å². The summed E-state index contributed by atoms with van der Waals surface area (Å²) in [5.74, 6) is 0. The molecule has 21 heavy (non-hydrogen) atoms. The first-order valence-corrected chi connectivity index (χ1v) is 6.95. The van der Waals surface area contributed by atoms with Gasteiger partial charge >= 0.3 is 0 Å². The highest BCUT2D eigenvalue weighted by atomic mass is 16.6. The number of rotatable bonds is 3. The first-order chi connectivity index (χ1) is 10.3. The van der Waals surface area contributed by atoms with Crippen LogP contribution in [0.1, 0.15) is 11.1 Å². The summed E-state index contributed by atoms with van der Waals surface area (Å²) in [6.07, 6.45) is 1.75. The van der Waals surface area contributed by atoms with Crippen molar-refractivity contribution in [3.8, 4) is 11.1 Å². The Morgan fingerprint density at radius 2 is 1.52 bits per heavy atom. The summed E-state index contributed by atoms with van der Waals surface area (Å²) in [6, 6.07) is 21.1. The van der Waals surface area contributed by atoms with Crippen LogP contribution < -0.4 is 0 Å². The minimum atomic E-state index is 1.05. The molecule has 3 rings (SSSR count). The summed E-state index contributed by atoms with van der Waals surface area (Å²) in [4.78, 5) is 4.81. The van der Waals surface area contributed by atoms with E-state index in [4.69, 9.17) is 4.84 Å². The molecule has 0 heterocycles. The third-order valence-electron chi connectivity index (χ3n) is 3.64. The molecule has 2 heteroatoms. The molecule has 3 aromatic carbocycles. The van der Waals surface area contributed by atoms with E-state index in [0.717, 1.165) is 5.56 Å². The molecule has 0 atom stereocenters. The number of benzene rings is 3. The van der Waals surface area contributed by atoms with Crippen LogP contribution in [-0.4, -0.2) is 13.3 Å². The van der Waals surface area contributed by atoms with Crippen LogP contribution in [0.5, 0.6) is 0 Å². The van der Waals surface area contributed by atoms with Gasteiger partial charge in [-0.3, -0.25) is 0 Å². The summed E-state index contributed by atoms with van der Waals surface area (Å²) in [7, 11) is 1.56. The van der Waals surface area contributed by atoms with Gasteiger partial charge in [-0.25, -0.2) is 0 Å². The third-order valence-corrected chi connectivity index (χ3v) is 3.64. The van der Waals surface area contributed by atoms with Gasteiger partial charge < -0.3 is 4.84 Å². The van der Waals surface area contributed by atoms with E-state index in [1.165, 1.54) is 27.5 Å². The lowest BCUT2D eigenvalue weighted by Gasteiger charge is -2.11. The Morgan fingerprint density at radius 3 is 2.29 bits per heavy atom. The highest BCUT2D eigenvalue weighted by molar-refractivity contribution is 5.95. The predicted molar refractivity (Wildman–Crippen MR) is 88.7 cm³/mol. The van der Waals surface area contributed by atoms with Gasteiger partial charge in [0.1, 0.15) is 7.11 Å². The summed E-state index contributed by atoms with van der Waals surface area (Å²) in [5, 5.41) is 6.41. The molecule has 0 aliphatic rings. The number of aryl methyl sites for hydroxylation is 1. The van der Waals surface area contributed by atoms with Gasteiger partial charge in [-0.1, -0.05) is 59.8 Å². The molecular formula is C19H17NO. The molecule has 0 saturated heterocycles. The second-order valence-corrected chi connectivity index (χ2v) is 5.02. The molecule has 0 bridgehead atoms. The molecule has 0 aromatic heterocycles. The topological polar surface area (TPSA) is 21.6 Å². The number of nitrogens with zero attached hydrogens (tertiary/aromatic N) is 1. The average Bonchev–Trinajstić information content (AvgIpc) is 2.52. The second-order valence-electron chi connectivity index (χ2n) is 5.02. The Kier molecular flexibility index (Phi) is 3.69. The fourth-order valence-electron chi connectivity index (χ4n) is 2.61. The van der Waals surface area contributed by atoms with Crippen molar-refractivity contribution >= 4 is 17.0 Å². The molecule has 0 fully saturated rings. The lowest BCUT2D eigenvalue weighted by atomic mass is 9.93. The Balaban J connectivity index is 2.20. The number of hydrogen-bond acceptors (Lipinski definition) is 2. The number of fused-ring (bicyclic) bond motifs is 1. The molecule has 0 spiro atoms. The van der Waals surface area contributed by atoms with Gasteiger partial charge in [0, 0.05) is 5.56 Å². The van der Waals surface area contributed by atoms with Crippen molar-refractivity contribution in [1.29, 1.82) is 0 Å². The predicted octanol–water partition coefficient (Wildman–Crippen LogP) is 4.80. The van der Waals surface area contributed by atoms with E-state index in [1.807, 2.05) is 18.2 Å². The maximum Gasteiger partial charge on any atom is 0.106 e. The Labute approximate surface area is 124 Å². The van der Waals surface area contributed by atoms with Crippen molar-refractivity contribution in [3.63, 3.8) is 0 Å². The van der Waals surface area contributed by atoms with Crippen LogP contribution in [0.25, 0.3) is 21.9 Å². The SMILES string of the molecule is CO/N=C/c1ccccc1-c1cc2ccccc2cc1C. The first-order valence-electron chi connectivity index (χ1n) is 6.95. The summed E-state index contributed by atoms with van der Waals surface area (Å²) < 4.78 is 0. The zero-order valence-electron chi connectivity index (χ0n) is 12.2. The minimum Gasteiger partial charge on any atom is -0.399 e. The normalized spacial score (nSPS) is 11.1. The van der Waals surface area contributed by atoms with E-state index in [9.17, 15) is 0 Å². The van der Waals surface area contributed by atoms with Crippen LogP contribution in [0.15, 0.2) is 65.8 Å². The quantitative estimate of drug-likeness (QED) is 0.497. The fraction of sp³-hybridized carbons (Fsp3) is 0.105. The zero-order chi connectivity index (χ0) is 14.7. The van der Waals surface area contributed by atoms with Crippen molar-refractivity contribution in [3.05, 3.63) is 71.8 Å². The third kappa shape index (κ3) is 2.65. The van der Waals surface area contributed by atoms with E-state index < -0.39 is 0 Å². The van der Waals surface area contributed by atoms with E-state index in [1.54, 1.807) is 13.3 Å². The minimum absolute atomic E-state index is 1.05. The Bertz CT molecular complexity index is 806. The van der Waals surface area contributed by atoms with Gasteiger partial charge in [-0.05, 0) is 40.5 Å². The highest BCUT2D eigenvalue weighted by Crippen LogP contribution is 2.30. The van der Waals surface area contributed by atoms with Crippen LogP contribution in [0.2, 0.25) is 0 Å². The summed E-state index contributed by atoms with van der Waals surface area (Å²) in [5.41, 5.74) is 4.71. The largest absolute Gasteiger partial charge is 0.399 e. The maximum atomic E-state index is 4.81. The molecule has 104 valence electrons. The molecule has 0 saturated carbocycles. The number of oxime groups is 1. The molecule has 3 aromatic rings. The second kappa shape index (κ2) is 5.80. The molecule has 0 aliphatic heterocycles. The van der Waals surface area contributed by atoms with E-state index in [2.05, 4.69) is 54.5 Å². The van der Waals surface area contributed by atoms with Crippen molar-refractivity contribution in [2.24, 2.45) is 5.16 Å². The van der Waals surface area contributed by atoms with Crippen LogP contribution in [0.3, 0.4) is 0 Å². The van der Waals surface area contributed by atoms with E-state index >= 15 is 0 Å². The molecule has 0 amide bonds. The van der Waals surface area contributed by atoms with Gasteiger partial charge in [0.2, 0.25) is 0 Å². The van der Waals surface area contributed by atoms with Gasteiger partial charge in [0.05, 0.1) is 6.21 Å². The van der Waals surface area contributed by atoms with Crippen molar-refractivity contribution in [1.82, 2.24) is 0 Å². The summed E-state index contributed by atoms with van der Waals surface area (Å²) >= 11 is 0. The molecule has 0 aliphatic carbocycles. The maximum absolute atomic E-state index is 4.81. The standard InChI is InChI=1S/C19H17NO/c1-14-11-15-7-3-4-8-16(15)12-19(14)18-10-6-5-9-17(18)13-20-21-2/h3-13H,1-2H3/b20-13+. The Hall–Kier alpha value is -2.61. The van der Waals surface area contributed by atoms with Gasteiger partial charge in [-0.15, -0.1) is 0 Å². The average molecular weight is 275 g/mol. The van der Waals surface area contributed by atoms with Crippen LogP contribution in [-0.2, 0) is 4.84 Å².